The lowest BCUT2D eigenvalue weighted by Crippen LogP contribution is -2.37. The molecule has 0 saturated carbocycles. The van der Waals surface area contributed by atoms with Crippen molar-refractivity contribution in [2.75, 3.05) is 24.5 Å². The van der Waals surface area contributed by atoms with Gasteiger partial charge in [0, 0.05) is 31.9 Å². The van der Waals surface area contributed by atoms with Crippen LogP contribution < -0.4 is 15.5 Å². The summed E-state index contributed by atoms with van der Waals surface area (Å²) in [5, 5.41) is 6.62. The van der Waals surface area contributed by atoms with Crippen LogP contribution in [0.5, 0.6) is 0 Å². The molecule has 114 valence electrons. The Morgan fingerprint density at radius 2 is 2.10 bits per heavy atom. The van der Waals surface area contributed by atoms with Crippen LogP contribution in [0.15, 0.2) is 23.3 Å². The largest absolute Gasteiger partial charge is 0.357 e. The van der Waals surface area contributed by atoms with Crippen molar-refractivity contribution >= 4 is 11.8 Å². The van der Waals surface area contributed by atoms with Gasteiger partial charge in [0.05, 0.1) is 6.54 Å². The van der Waals surface area contributed by atoms with Crippen molar-refractivity contribution in [2.45, 2.75) is 39.3 Å². The second-order valence-electron chi connectivity index (χ2n) is 6.28. The van der Waals surface area contributed by atoms with Crippen LogP contribution >= 0.6 is 0 Å². The van der Waals surface area contributed by atoms with Crippen LogP contribution in [-0.4, -0.2) is 36.6 Å². The van der Waals surface area contributed by atoms with Gasteiger partial charge in [-0.2, -0.15) is 0 Å². The number of aliphatic imine (C=N–C) groups is 1. The van der Waals surface area contributed by atoms with E-state index in [2.05, 4.69) is 51.5 Å². The van der Waals surface area contributed by atoms with Gasteiger partial charge in [-0.1, -0.05) is 13.0 Å². The zero-order chi connectivity index (χ0) is 14.7. The molecule has 1 saturated heterocycles. The van der Waals surface area contributed by atoms with Gasteiger partial charge in [0.15, 0.2) is 5.96 Å². The smallest absolute Gasteiger partial charge is 0.191 e. The molecule has 2 aliphatic rings. The molecule has 1 atom stereocenters. The number of hydrogen-bond donors (Lipinski definition) is 2. The molecule has 2 aliphatic heterocycles. The Morgan fingerprint density at radius 3 is 2.71 bits per heavy atom. The van der Waals surface area contributed by atoms with Crippen molar-refractivity contribution in [1.29, 1.82) is 0 Å². The van der Waals surface area contributed by atoms with Crippen molar-refractivity contribution in [3.63, 3.8) is 0 Å². The lowest BCUT2D eigenvalue weighted by Gasteiger charge is -2.31. The Labute approximate surface area is 126 Å². The van der Waals surface area contributed by atoms with E-state index in [4.69, 9.17) is 0 Å². The van der Waals surface area contributed by atoms with Crippen LogP contribution in [0.2, 0.25) is 0 Å². The molecule has 0 amide bonds. The van der Waals surface area contributed by atoms with Crippen LogP contribution in [0.3, 0.4) is 0 Å². The Kier molecular flexibility index (Phi) is 4.27. The van der Waals surface area contributed by atoms with Crippen molar-refractivity contribution in [2.24, 2.45) is 10.9 Å². The summed E-state index contributed by atoms with van der Waals surface area (Å²) in [4.78, 5) is 11.4. The van der Waals surface area contributed by atoms with Crippen molar-refractivity contribution < 1.29 is 0 Å². The second-order valence-corrected chi connectivity index (χ2v) is 6.28. The Balaban J connectivity index is 1.52. The minimum atomic E-state index is 0.439. The highest BCUT2D eigenvalue weighted by molar-refractivity contribution is 5.81. The van der Waals surface area contributed by atoms with E-state index in [1.807, 2.05) is 6.20 Å². The van der Waals surface area contributed by atoms with Gasteiger partial charge in [0.2, 0.25) is 0 Å². The molecule has 0 spiro atoms. The number of nitrogens with zero attached hydrogens (tertiary/aromatic N) is 3. The number of aromatic nitrogens is 1. The molecule has 1 fully saturated rings. The summed E-state index contributed by atoms with van der Waals surface area (Å²) in [6, 6.07) is 4.74. The van der Waals surface area contributed by atoms with Crippen molar-refractivity contribution in [1.82, 2.24) is 15.6 Å². The van der Waals surface area contributed by atoms with E-state index in [-0.39, 0.29) is 0 Å². The lowest BCUT2D eigenvalue weighted by atomic mass is 9.99. The first kappa shape index (κ1) is 14.2. The quantitative estimate of drug-likeness (QED) is 0.889. The number of rotatable bonds is 3. The summed E-state index contributed by atoms with van der Waals surface area (Å²) in [5.41, 5.74) is 1.19. The van der Waals surface area contributed by atoms with Crippen LogP contribution in [0.1, 0.15) is 32.3 Å². The summed E-state index contributed by atoms with van der Waals surface area (Å²) in [7, 11) is 0. The van der Waals surface area contributed by atoms with E-state index in [1.54, 1.807) is 0 Å². The van der Waals surface area contributed by atoms with Crippen molar-refractivity contribution in [3.05, 3.63) is 23.9 Å². The van der Waals surface area contributed by atoms with Gasteiger partial charge in [0.25, 0.3) is 0 Å². The normalized spacial score (nSPS) is 22.9. The summed E-state index contributed by atoms with van der Waals surface area (Å²) in [6.07, 6.45) is 4.52. The van der Waals surface area contributed by atoms with Gasteiger partial charge in [-0.15, -0.1) is 0 Å². The average molecular weight is 287 g/mol. The molecule has 0 radical (unpaired) electrons. The average Bonchev–Trinajstić information content (AvgIpc) is 2.92. The predicted octanol–water partition coefficient (Wildman–Crippen LogP) is 1.76. The molecule has 1 aromatic heterocycles. The molecule has 1 aromatic rings. The molecule has 1 unspecified atom stereocenters. The van der Waals surface area contributed by atoms with Gasteiger partial charge in [-0.25, -0.2) is 4.98 Å². The Hall–Kier alpha value is -1.78. The number of anilines is 1. The maximum absolute atomic E-state index is 4.61. The van der Waals surface area contributed by atoms with Crippen LogP contribution in [0.25, 0.3) is 0 Å². The third-order valence-corrected chi connectivity index (χ3v) is 4.28. The molecule has 0 bridgehead atoms. The zero-order valence-electron chi connectivity index (χ0n) is 13.0. The summed E-state index contributed by atoms with van der Waals surface area (Å²) in [5.74, 6) is 2.86. The third-order valence-electron chi connectivity index (χ3n) is 4.28. The molecule has 3 heterocycles. The minimum absolute atomic E-state index is 0.439. The van der Waals surface area contributed by atoms with Gasteiger partial charge in [0.1, 0.15) is 5.82 Å². The van der Waals surface area contributed by atoms with E-state index in [1.165, 1.54) is 18.4 Å². The van der Waals surface area contributed by atoms with Crippen molar-refractivity contribution in [3.8, 4) is 0 Å². The van der Waals surface area contributed by atoms with Gasteiger partial charge in [-0.05, 0) is 37.3 Å². The van der Waals surface area contributed by atoms with Crippen LogP contribution in [0.4, 0.5) is 5.82 Å². The topological polar surface area (TPSA) is 52.5 Å². The van der Waals surface area contributed by atoms with Crippen LogP contribution in [-0.2, 0) is 6.54 Å². The predicted molar refractivity (Wildman–Crippen MR) is 86.6 cm³/mol. The van der Waals surface area contributed by atoms with E-state index in [0.29, 0.717) is 6.04 Å². The Morgan fingerprint density at radius 1 is 1.29 bits per heavy atom. The van der Waals surface area contributed by atoms with E-state index >= 15 is 0 Å². The highest BCUT2D eigenvalue weighted by Crippen LogP contribution is 2.21. The second kappa shape index (κ2) is 6.33. The maximum atomic E-state index is 4.61. The highest BCUT2D eigenvalue weighted by Gasteiger charge is 2.16. The minimum Gasteiger partial charge on any atom is -0.357 e. The fourth-order valence-electron chi connectivity index (χ4n) is 2.79. The Bertz CT molecular complexity index is 488. The standard InChI is InChI=1S/C16H25N5/c1-12-5-7-21(8-6-12)15-4-3-14(10-17-15)11-19-16-18-9-13(2)20-16/h3-4,10,12-13H,5-9,11H2,1-2H3,(H2,18,19,20). The SMILES string of the molecule is CC1CCN(c2ccc(CNC3=NCC(C)N3)cn2)CC1. The molecular formula is C16H25N5. The highest BCUT2D eigenvalue weighted by atomic mass is 15.2. The fraction of sp³-hybridized carbons (Fsp3) is 0.625. The monoisotopic (exact) mass is 287 g/mol. The molecule has 21 heavy (non-hydrogen) atoms. The van der Waals surface area contributed by atoms with Gasteiger partial charge < -0.3 is 15.5 Å². The number of pyridine rings is 1. The first-order chi connectivity index (χ1) is 10.2. The number of hydrogen-bond acceptors (Lipinski definition) is 5. The molecule has 5 nitrogen and oxygen atoms in total. The first-order valence-electron chi connectivity index (χ1n) is 7.95. The number of guanidine groups is 1. The van der Waals surface area contributed by atoms with Crippen LogP contribution in [0, 0.1) is 5.92 Å². The number of nitrogens with one attached hydrogen (secondary N) is 2. The van der Waals surface area contributed by atoms with E-state index < -0.39 is 0 Å². The van der Waals surface area contributed by atoms with E-state index in [9.17, 15) is 0 Å². The maximum Gasteiger partial charge on any atom is 0.191 e. The fourth-order valence-corrected chi connectivity index (χ4v) is 2.79. The molecule has 0 aromatic carbocycles. The summed E-state index contributed by atoms with van der Waals surface area (Å²) < 4.78 is 0. The molecular weight excluding hydrogens is 262 g/mol. The van der Waals surface area contributed by atoms with E-state index in [0.717, 1.165) is 43.9 Å². The third kappa shape index (κ3) is 3.65. The summed E-state index contributed by atoms with van der Waals surface area (Å²) in [6.45, 7) is 8.35. The molecule has 2 N–H and O–H groups in total. The first-order valence-corrected chi connectivity index (χ1v) is 7.95. The molecule has 5 heteroatoms. The summed E-state index contributed by atoms with van der Waals surface area (Å²) >= 11 is 0. The number of piperidine rings is 1. The van der Waals surface area contributed by atoms with Gasteiger partial charge >= 0.3 is 0 Å². The lowest BCUT2D eigenvalue weighted by molar-refractivity contribution is 0.436. The zero-order valence-corrected chi connectivity index (χ0v) is 13.0. The van der Waals surface area contributed by atoms with Gasteiger partial charge in [-0.3, -0.25) is 4.99 Å². The molecule has 3 rings (SSSR count). The molecule has 0 aliphatic carbocycles.